The van der Waals surface area contributed by atoms with Crippen LogP contribution < -0.4 is 10.0 Å². The van der Waals surface area contributed by atoms with Crippen LogP contribution in [-0.4, -0.2) is 42.5 Å². The minimum Gasteiger partial charge on any atom is -0.870 e. The van der Waals surface area contributed by atoms with E-state index in [9.17, 15) is 10.2 Å². The first-order valence-electron chi connectivity index (χ1n) is 10.0. The topological polar surface area (TPSA) is 63.3 Å². The maximum Gasteiger partial charge on any atom is 0.140 e. The highest BCUT2D eigenvalue weighted by Crippen LogP contribution is 2.41. The lowest BCUT2D eigenvalue weighted by Gasteiger charge is -2.34. The molecule has 1 aliphatic carbocycles. The number of piperazine rings is 1. The van der Waals surface area contributed by atoms with E-state index in [0.29, 0.717) is 6.04 Å². The number of phenols is 1. The maximum absolute atomic E-state index is 11.3. The molecule has 0 spiro atoms. The third-order valence-electron chi connectivity index (χ3n) is 5.98. The average molecular weight is 385 g/mol. The highest BCUT2D eigenvalue weighted by atomic mass is 16.3. The van der Waals surface area contributed by atoms with Crippen LogP contribution in [0.15, 0.2) is 71.8 Å². The Morgan fingerprint density at radius 3 is 2.17 bits per heavy atom. The minimum absolute atomic E-state index is 0.234. The molecule has 0 bridgehead atoms. The molecule has 1 saturated heterocycles. The van der Waals surface area contributed by atoms with Crippen LogP contribution in [0, 0.1) is 0 Å². The van der Waals surface area contributed by atoms with E-state index in [-0.39, 0.29) is 11.5 Å². The molecule has 0 atom stereocenters. The van der Waals surface area contributed by atoms with Gasteiger partial charge < -0.3 is 15.1 Å². The second kappa shape index (κ2) is 7.26. The molecule has 29 heavy (non-hydrogen) atoms. The predicted molar refractivity (Wildman–Crippen MR) is 111 cm³/mol. The third-order valence-corrected chi connectivity index (χ3v) is 5.98. The van der Waals surface area contributed by atoms with Crippen molar-refractivity contribution in [2.45, 2.75) is 6.04 Å². The van der Waals surface area contributed by atoms with Crippen LogP contribution in [0.5, 0.6) is 11.5 Å². The van der Waals surface area contributed by atoms with Gasteiger partial charge in [-0.25, -0.2) is 0 Å². The highest BCUT2D eigenvalue weighted by molar-refractivity contribution is 5.80. The fraction of sp³-hybridized carbons (Fsp3) is 0.208. The lowest BCUT2D eigenvalue weighted by atomic mass is 10.0. The van der Waals surface area contributed by atoms with E-state index in [2.05, 4.69) is 58.6 Å². The van der Waals surface area contributed by atoms with E-state index in [0.717, 1.165) is 31.7 Å². The Balaban J connectivity index is 1.31. The van der Waals surface area contributed by atoms with E-state index in [1.807, 2.05) is 0 Å². The van der Waals surface area contributed by atoms with Crippen molar-refractivity contribution in [3.63, 3.8) is 0 Å². The summed E-state index contributed by atoms with van der Waals surface area (Å²) in [4.78, 5) is 1.57. The van der Waals surface area contributed by atoms with Crippen LogP contribution in [0.3, 0.4) is 0 Å². The molecule has 5 rings (SSSR count). The summed E-state index contributed by atoms with van der Waals surface area (Å²) < 4.78 is 0. The number of benzene rings is 3. The van der Waals surface area contributed by atoms with E-state index in [4.69, 9.17) is 0 Å². The minimum atomic E-state index is -0.364. The monoisotopic (exact) mass is 385 g/mol. The van der Waals surface area contributed by atoms with Crippen LogP contribution in [0.25, 0.3) is 11.1 Å². The second-order valence-electron chi connectivity index (χ2n) is 7.69. The van der Waals surface area contributed by atoms with E-state index in [1.54, 1.807) is 17.2 Å². The van der Waals surface area contributed by atoms with E-state index < -0.39 is 0 Å². The summed E-state index contributed by atoms with van der Waals surface area (Å²) in [5.41, 5.74) is 6.31. The van der Waals surface area contributed by atoms with Gasteiger partial charge in [0.15, 0.2) is 0 Å². The molecule has 1 aliphatic heterocycles. The molecule has 2 aliphatic rings. The number of rotatable bonds is 3. The number of hydrogen-bond donors (Lipinski definition) is 2. The van der Waals surface area contributed by atoms with Crippen molar-refractivity contribution in [3.8, 4) is 22.6 Å². The average Bonchev–Trinajstić information content (AvgIpc) is 3.10. The molecule has 0 unspecified atom stereocenters. The van der Waals surface area contributed by atoms with Gasteiger partial charge >= 0.3 is 0 Å². The van der Waals surface area contributed by atoms with Gasteiger partial charge in [-0.15, -0.1) is 0 Å². The van der Waals surface area contributed by atoms with Crippen LogP contribution in [0.1, 0.15) is 22.7 Å². The van der Waals surface area contributed by atoms with E-state index >= 15 is 0 Å². The fourth-order valence-electron chi connectivity index (χ4n) is 4.54. The Morgan fingerprint density at radius 1 is 0.931 bits per heavy atom. The number of fused-ring (bicyclic) bond motifs is 3. The Morgan fingerprint density at radius 2 is 1.55 bits per heavy atom. The van der Waals surface area contributed by atoms with Gasteiger partial charge in [0.05, 0.1) is 32.4 Å². The van der Waals surface area contributed by atoms with Crippen LogP contribution in [-0.2, 0) is 0 Å². The zero-order chi connectivity index (χ0) is 19.8. The molecule has 2 N–H and O–H groups in total. The molecular formula is C24H23N3O2. The molecule has 1 heterocycles. The summed E-state index contributed by atoms with van der Waals surface area (Å²) in [5, 5.41) is 27.5. The first-order valence-corrected chi connectivity index (χ1v) is 10.0. The lowest BCUT2D eigenvalue weighted by Crippen LogP contribution is -3.14. The Bertz CT molecular complexity index is 1030. The van der Waals surface area contributed by atoms with Gasteiger partial charge in [-0.05, 0) is 22.8 Å². The lowest BCUT2D eigenvalue weighted by molar-refractivity contribution is -0.929. The highest BCUT2D eigenvalue weighted by Gasteiger charge is 2.37. The molecule has 0 amide bonds. The Labute approximate surface area is 170 Å². The summed E-state index contributed by atoms with van der Waals surface area (Å²) in [5.74, 6) is -0.599. The summed E-state index contributed by atoms with van der Waals surface area (Å²) in [6.07, 6.45) is 1.71. The number of phenolic OH excluding ortho intramolecular Hbond substituents is 1. The molecule has 0 aromatic heterocycles. The van der Waals surface area contributed by atoms with Gasteiger partial charge in [-0.3, -0.25) is 5.01 Å². The van der Waals surface area contributed by atoms with Crippen molar-refractivity contribution in [1.29, 1.82) is 0 Å². The molecular weight excluding hydrogens is 362 g/mol. The number of nitrogens with zero attached hydrogens (tertiary/aromatic N) is 2. The van der Waals surface area contributed by atoms with Crippen LogP contribution >= 0.6 is 0 Å². The molecule has 5 nitrogen and oxygen atoms in total. The number of nitrogens with one attached hydrogen (secondary N) is 1. The molecule has 3 aromatic rings. The molecule has 5 heteroatoms. The first kappa shape index (κ1) is 17.8. The smallest absolute Gasteiger partial charge is 0.140 e. The molecule has 0 radical (unpaired) electrons. The van der Waals surface area contributed by atoms with Crippen molar-refractivity contribution in [1.82, 2.24) is 5.01 Å². The Kier molecular flexibility index (Phi) is 4.45. The van der Waals surface area contributed by atoms with Gasteiger partial charge in [-0.1, -0.05) is 66.4 Å². The predicted octanol–water partition coefficient (Wildman–Crippen LogP) is 1.77. The number of hydrazone groups is 1. The van der Waals surface area contributed by atoms with Gasteiger partial charge in [0.25, 0.3) is 0 Å². The van der Waals surface area contributed by atoms with Gasteiger partial charge in [0, 0.05) is 11.1 Å². The zero-order valence-electron chi connectivity index (χ0n) is 16.1. The normalized spacial score (nSPS) is 16.9. The molecule has 146 valence electrons. The summed E-state index contributed by atoms with van der Waals surface area (Å²) in [7, 11) is 0. The van der Waals surface area contributed by atoms with E-state index in [1.165, 1.54) is 34.4 Å². The second-order valence-corrected chi connectivity index (χ2v) is 7.69. The summed E-state index contributed by atoms with van der Waals surface area (Å²) >= 11 is 0. The van der Waals surface area contributed by atoms with Crippen molar-refractivity contribution >= 4 is 6.21 Å². The van der Waals surface area contributed by atoms with Gasteiger partial charge in [0.1, 0.15) is 11.8 Å². The van der Waals surface area contributed by atoms with Crippen molar-refractivity contribution in [2.24, 2.45) is 5.10 Å². The number of aromatic hydroxyl groups is 1. The quantitative estimate of drug-likeness (QED) is 0.676. The van der Waals surface area contributed by atoms with Crippen molar-refractivity contribution < 1.29 is 15.1 Å². The van der Waals surface area contributed by atoms with Crippen LogP contribution in [0.2, 0.25) is 0 Å². The van der Waals surface area contributed by atoms with Gasteiger partial charge in [-0.2, -0.15) is 5.10 Å². The molecule has 3 aromatic carbocycles. The Hall–Kier alpha value is -3.31. The standard InChI is InChI=1S/C24H23N3O2/c28-22-10-9-17(15-23(22)29)16-25-27-13-11-26(12-14-27)24-20-7-3-1-5-18(20)19-6-2-4-8-21(19)24/h1-10,15-16,24,28-29H,11-14H2/b25-16+. The van der Waals surface area contributed by atoms with Crippen molar-refractivity contribution in [2.75, 3.05) is 26.2 Å². The molecule has 0 saturated carbocycles. The zero-order valence-corrected chi connectivity index (χ0v) is 16.1. The SMILES string of the molecule is [O-]c1ccc(/C=N/N2CC[NH+](C3c4ccccc4-c4ccccc43)CC2)cc1O. The first-order chi connectivity index (χ1) is 14.2. The van der Waals surface area contributed by atoms with Crippen molar-refractivity contribution in [3.05, 3.63) is 83.4 Å². The maximum atomic E-state index is 11.3. The number of quaternary nitrogens is 1. The molecule has 1 fully saturated rings. The van der Waals surface area contributed by atoms with Gasteiger partial charge in [0.2, 0.25) is 0 Å². The summed E-state index contributed by atoms with van der Waals surface area (Å²) in [6.45, 7) is 3.77. The largest absolute Gasteiger partial charge is 0.870 e. The number of hydrogen-bond acceptors (Lipinski definition) is 4. The van der Waals surface area contributed by atoms with Crippen LogP contribution in [0.4, 0.5) is 0 Å². The third kappa shape index (κ3) is 3.23. The summed E-state index contributed by atoms with van der Waals surface area (Å²) in [6, 6.07) is 22.4. The fourth-order valence-corrected chi connectivity index (χ4v) is 4.54.